The molecule has 1 fully saturated rings. The van der Waals surface area contributed by atoms with E-state index in [9.17, 15) is 9.59 Å². The molecule has 7 heteroatoms. The standard InChI is InChI=1S/C22H25ClN2O4/c1-5-14-8-6-7-13(2)21(14)24-22(27)15-9-20(26)25(12-15)17-10-16(23)18(28-3)11-19(17)29-4/h6-8,10-11,15H,5,9,12H2,1-4H3,(H,24,27)/t15-/m0/s1. The second-order valence-electron chi connectivity index (χ2n) is 7.02. The molecule has 1 saturated heterocycles. The minimum Gasteiger partial charge on any atom is -0.495 e. The predicted molar refractivity (Wildman–Crippen MR) is 114 cm³/mol. The second kappa shape index (κ2) is 8.74. The highest BCUT2D eigenvalue weighted by molar-refractivity contribution is 6.32. The van der Waals surface area contributed by atoms with Crippen LogP contribution in [-0.4, -0.2) is 32.6 Å². The summed E-state index contributed by atoms with van der Waals surface area (Å²) in [5, 5.41) is 3.40. The number of anilines is 2. The molecule has 0 unspecified atom stereocenters. The Morgan fingerprint density at radius 1 is 1.24 bits per heavy atom. The first kappa shape index (κ1) is 21.0. The Morgan fingerprint density at radius 3 is 2.62 bits per heavy atom. The van der Waals surface area contributed by atoms with Gasteiger partial charge in [-0.1, -0.05) is 36.7 Å². The van der Waals surface area contributed by atoms with Crippen molar-refractivity contribution in [1.82, 2.24) is 0 Å². The fourth-order valence-corrected chi connectivity index (χ4v) is 3.83. The summed E-state index contributed by atoms with van der Waals surface area (Å²) < 4.78 is 10.6. The Hall–Kier alpha value is -2.73. The molecular formula is C22H25ClN2O4. The third-order valence-electron chi connectivity index (χ3n) is 5.23. The summed E-state index contributed by atoms with van der Waals surface area (Å²) in [5.74, 6) is 0.152. The lowest BCUT2D eigenvalue weighted by molar-refractivity contribution is -0.122. The van der Waals surface area contributed by atoms with Gasteiger partial charge in [-0.2, -0.15) is 0 Å². The number of hydrogen-bond acceptors (Lipinski definition) is 4. The molecule has 1 atom stereocenters. The molecule has 0 bridgehead atoms. The first-order valence-corrected chi connectivity index (χ1v) is 9.88. The Kier molecular flexibility index (Phi) is 6.33. The van der Waals surface area contributed by atoms with Gasteiger partial charge in [0.05, 0.1) is 30.8 Å². The summed E-state index contributed by atoms with van der Waals surface area (Å²) in [4.78, 5) is 27.1. The molecule has 6 nitrogen and oxygen atoms in total. The number of hydrogen-bond donors (Lipinski definition) is 1. The third kappa shape index (κ3) is 4.17. The van der Waals surface area contributed by atoms with Gasteiger partial charge in [-0.15, -0.1) is 0 Å². The van der Waals surface area contributed by atoms with Crippen LogP contribution in [0.1, 0.15) is 24.5 Å². The van der Waals surface area contributed by atoms with Gasteiger partial charge >= 0.3 is 0 Å². The van der Waals surface area contributed by atoms with Crippen molar-refractivity contribution in [1.29, 1.82) is 0 Å². The normalized spacial score (nSPS) is 16.1. The van der Waals surface area contributed by atoms with Crippen molar-refractivity contribution in [3.8, 4) is 11.5 Å². The van der Waals surface area contributed by atoms with E-state index in [0.717, 1.165) is 23.2 Å². The van der Waals surface area contributed by atoms with Crippen molar-refractivity contribution < 1.29 is 19.1 Å². The molecule has 1 heterocycles. The topological polar surface area (TPSA) is 67.9 Å². The highest BCUT2D eigenvalue weighted by Crippen LogP contribution is 2.40. The van der Waals surface area contributed by atoms with Gasteiger partial charge in [-0.25, -0.2) is 0 Å². The van der Waals surface area contributed by atoms with Crippen LogP contribution < -0.4 is 19.7 Å². The Bertz CT molecular complexity index is 945. The van der Waals surface area contributed by atoms with E-state index in [4.69, 9.17) is 21.1 Å². The lowest BCUT2D eigenvalue weighted by Gasteiger charge is -2.21. The fourth-order valence-electron chi connectivity index (χ4n) is 3.60. The average Bonchev–Trinajstić information content (AvgIpc) is 3.10. The summed E-state index contributed by atoms with van der Waals surface area (Å²) in [6, 6.07) is 9.21. The van der Waals surface area contributed by atoms with E-state index in [1.807, 2.05) is 32.0 Å². The second-order valence-corrected chi connectivity index (χ2v) is 7.42. The Morgan fingerprint density at radius 2 is 1.97 bits per heavy atom. The molecule has 1 N–H and O–H groups in total. The van der Waals surface area contributed by atoms with E-state index >= 15 is 0 Å². The summed E-state index contributed by atoms with van der Waals surface area (Å²) in [6.07, 6.45) is 0.945. The van der Waals surface area contributed by atoms with Crippen LogP contribution in [0.2, 0.25) is 5.02 Å². The molecule has 0 radical (unpaired) electrons. The zero-order valence-electron chi connectivity index (χ0n) is 17.0. The molecular weight excluding hydrogens is 392 g/mol. The van der Waals surface area contributed by atoms with E-state index < -0.39 is 5.92 Å². The minimum atomic E-state index is -0.461. The van der Waals surface area contributed by atoms with Gasteiger partial charge in [0.2, 0.25) is 11.8 Å². The molecule has 0 aliphatic carbocycles. The van der Waals surface area contributed by atoms with E-state index in [1.54, 1.807) is 17.0 Å². The van der Waals surface area contributed by atoms with E-state index in [-0.39, 0.29) is 24.8 Å². The van der Waals surface area contributed by atoms with Gasteiger partial charge in [-0.3, -0.25) is 9.59 Å². The summed E-state index contributed by atoms with van der Waals surface area (Å²) in [5.41, 5.74) is 3.44. The smallest absolute Gasteiger partial charge is 0.229 e. The molecule has 1 aliphatic rings. The molecule has 3 rings (SSSR count). The van der Waals surface area contributed by atoms with Crippen LogP contribution in [0.5, 0.6) is 11.5 Å². The van der Waals surface area contributed by atoms with Crippen LogP contribution in [0.15, 0.2) is 30.3 Å². The molecule has 2 aromatic carbocycles. The summed E-state index contributed by atoms with van der Waals surface area (Å²) >= 11 is 6.24. The maximum Gasteiger partial charge on any atom is 0.229 e. The van der Waals surface area contributed by atoms with Gasteiger partial charge in [0.1, 0.15) is 11.5 Å². The number of aryl methyl sites for hydroxylation is 2. The lowest BCUT2D eigenvalue weighted by atomic mass is 10.0. The van der Waals surface area contributed by atoms with Gasteiger partial charge < -0.3 is 19.7 Å². The first-order chi connectivity index (χ1) is 13.9. The number of nitrogens with zero attached hydrogens (tertiary/aromatic N) is 1. The lowest BCUT2D eigenvalue weighted by Crippen LogP contribution is -2.28. The molecule has 1 aliphatic heterocycles. The number of carbonyl (C=O) groups is 2. The van der Waals surface area contributed by atoms with Crippen molar-refractivity contribution in [2.75, 3.05) is 31.0 Å². The predicted octanol–water partition coefficient (Wildman–Crippen LogP) is 4.22. The molecule has 0 saturated carbocycles. The van der Waals surface area contributed by atoms with Crippen LogP contribution in [0.3, 0.4) is 0 Å². The number of amides is 2. The maximum absolute atomic E-state index is 12.9. The number of benzene rings is 2. The zero-order chi connectivity index (χ0) is 21.1. The number of halogens is 1. The fraction of sp³-hybridized carbons (Fsp3) is 0.364. The third-order valence-corrected chi connectivity index (χ3v) is 5.52. The molecule has 154 valence electrons. The quantitative estimate of drug-likeness (QED) is 0.765. The van der Waals surface area contributed by atoms with Crippen LogP contribution in [-0.2, 0) is 16.0 Å². The summed E-state index contributed by atoms with van der Waals surface area (Å²) in [6.45, 7) is 4.27. The van der Waals surface area contributed by atoms with E-state index in [2.05, 4.69) is 5.32 Å². The van der Waals surface area contributed by atoms with Gasteiger partial charge in [0.15, 0.2) is 0 Å². The molecule has 0 aromatic heterocycles. The average molecular weight is 417 g/mol. The van der Waals surface area contributed by atoms with Crippen molar-refractivity contribution in [2.45, 2.75) is 26.7 Å². The summed E-state index contributed by atoms with van der Waals surface area (Å²) in [7, 11) is 3.03. The number of carbonyl (C=O) groups excluding carboxylic acids is 2. The van der Waals surface area contributed by atoms with Crippen molar-refractivity contribution in [3.05, 3.63) is 46.5 Å². The van der Waals surface area contributed by atoms with Gasteiger partial charge in [-0.05, 0) is 30.5 Å². The van der Waals surface area contributed by atoms with Crippen LogP contribution in [0.4, 0.5) is 11.4 Å². The first-order valence-electron chi connectivity index (χ1n) is 9.50. The van der Waals surface area contributed by atoms with Crippen molar-refractivity contribution in [2.24, 2.45) is 5.92 Å². The minimum absolute atomic E-state index is 0.131. The van der Waals surface area contributed by atoms with E-state index in [0.29, 0.717) is 22.2 Å². The van der Waals surface area contributed by atoms with Gasteiger partial charge in [0.25, 0.3) is 0 Å². The molecule has 2 amide bonds. The zero-order valence-corrected chi connectivity index (χ0v) is 17.8. The van der Waals surface area contributed by atoms with Crippen LogP contribution in [0, 0.1) is 12.8 Å². The van der Waals surface area contributed by atoms with Crippen LogP contribution >= 0.6 is 11.6 Å². The monoisotopic (exact) mass is 416 g/mol. The number of nitrogens with one attached hydrogen (secondary N) is 1. The highest BCUT2D eigenvalue weighted by atomic mass is 35.5. The maximum atomic E-state index is 12.9. The van der Waals surface area contributed by atoms with Crippen molar-refractivity contribution >= 4 is 34.8 Å². The van der Waals surface area contributed by atoms with Crippen LogP contribution in [0.25, 0.3) is 0 Å². The largest absolute Gasteiger partial charge is 0.495 e. The molecule has 0 spiro atoms. The molecule has 29 heavy (non-hydrogen) atoms. The Balaban J connectivity index is 1.82. The van der Waals surface area contributed by atoms with Crippen molar-refractivity contribution in [3.63, 3.8) is 0 Å². The number of para-hydroxylation sites is 1. The van der Waals surface area contributed by atoms with Gasteiger partial charge in [0, 0.05) is 24.7 Å². The SMILES string of the molecule is CCc1cccc(C)c1NC(=O)[C@H]1CC(=O)N(c2cc(Cl)c(OC)cc2OC)C1. The number of methoxy groups -OCH3 is 2. The van der Waals surface area contributed by atoms with E-state index in [1.165, 1.54) is 14.2 Å². The number of rotatable bonds is 6. The highest BCUT2D eigenvalue weighted by Gasteiger charge is 2.37. The molecule has 2 aromatic rings. The number of ether oxygens (including phenoxy) is 2. The Labute approximate surface area is 175 Å².